The Morgan fingerprint density at radius 2 is 2.00 bits per heavy atom. The number of rotatable bonds is 4. The zero-order valence-electron chi connectivity index (χ0n) is 17.8. The fourth-order valence-corrected chi connectivity index (χ4v) is 7.42. The average Bonchev–Trinajstić information content (AvgIpc) is 2.88. The summed E-state index contributed by atoms with van der Waals surface area (Å²) in [5.41, 5.74) is 6.98. The molecule has 3 rings (SSSR count). The Labute approximate surface area is 169 Å². The number of carbonyl (C=O) groups excluding carboxylic acids is 1. The van der Waals surface area contributed by atoms with Crippen molar-refractivity contribution < 1.29 is 15.0 Å². The van der Waals surface area contributed by atoms with Crippen molar-refractivity contribution in [2.75, 3.05) is 0 Å². The molecule has 0 amide bonds. The van der Waals surface area contributed by atoms with Crippen LogP contribution in [0.4, 0.5) is 0 Å². The highest BCUT2D eigenvalue weighted by molar-refractivity contribution is 5.82. The largest absolute Gasteiger partial charge is 0.393 e. The molecule has 4 heteroatoms. The molecule has 8 atom stereocenters. The Kier molecular flexibility index (Phi) is 5.54. The molecule has 0 radical (unpaired) electrons. The van der Waals surface area contributed by atoms with Gasteiger partial charge in [0.1, 0.15) is 5.78 Å². The number of hydrogen-bond acceptors (Lipinski definition) is 4. The lowest BCUT2D eigenvalue weighted by Gasteiger charge is -2.63. The Bertz CT molecular complexity index is 713. The Balaban J connectivity index is 2.13. The minimum atomic E-state index is -0.674. The first-order valence-corrected chi connectivity index (χ1v) is 10.7. The molecule has 4 N–H and O–H groups in total. The number of aliphatic hydroxyl groups is 2. The molecule has 7 unspecified atom stereocenters. The lowest BCUT2D eigenvalue weighted by Crippen LogP contribution is -2.70. The molecule has 3 saturated carbocycles. The summed E-state index contributed by atoms with van der Waals surface area (Å²) in [4.78, 5) is 12.7. The first-order valence-electron chi connectivity index (χ1n) is 10.7. The first kappa shape index (κ1) is 21.5. The SMILES string of the molecule is C=C/C=C1/CCC2(N)C(C(O)CC3(C)C(C(=O)CC)[C@H](O)CC32)C1(C)/C=C\C. The van der Waals surface area contributed by atoms with Crippen LogP contribution in [0.15, 0.2) is 36.5 Å². The predicted octanol–water partition coefficient (Wildman–Crippen LogP) is 3.54. The summed E-state index contributed by atoms with van der Waals surface area (Å²) >= 11 is 0. The molecule has 0 bridgehead atoms. The second kappa shape index (κ2) is 7.23. The van der Waals surface area contributed by atoms with Crippen LogP contribution in [0.1, 0.15) is 59.8 Å². The van der Waals surface area contributed by atoms with Crippen molar-refractivity contribution in [3.63, 3.8) is 0 Å². The van der Waals surface area contributed by atoms with Gasteiger partial charge < -0.3 is 15.9 Å². The molecule has 0 spiro atoms. The van der Waals surface area contributed by atoms with Crippen LogP contribution in [0.2, 0.25) is 0 Å². The van der Waals surface area contributed by atoms with E-state index in [1.807, 2.05) is 26.0 Å². The summed E-state index contributed by atoms with van der Waals surface area (Å²) in [5, 5.41) is 22.3. The number of ketones is 1. The third-order valence-electron chi connectivity index (χ3n) is 8.32. The number of carbonyl (C=O) groups is 1. The second-order valence-electron chi connectivity index (χ2n) is 9.73. The fraction of sp³-hybridized carbons (Fsp3) is 0.708. The zero-order valence-corrected chi connectivity index (χ0v) is 17.8. The van der Waals surface area contributed by atoms with E-state index in [0.29, 0.717) is 19.3 Å². The van der Waals surface area contributed by atoms with Gasteiger partial charge in [-0.2, -0.15) is 0 Å². The summed E-state index contributed by atoms with van der Waals surface area (Å²) in [5.74, 6) is -0.488. The molecule has 0 aromatic rings. The van der Waals surface area contributed by atoms with E-state index >= 15 is 0 Å². The van der Waals surface area contributed by atoms with Gasteiger partial charge in [0.25, 0.3) is 0 Å². The minimum Gasteiger partial charge on any atom is -0.393 e. The van der Waals surface area contributed by atoms with Crippen LogP contribution in [-0.4, -0.2) is 33.7 Å². The summed E-state index contributed by atoms with van der Waals surface area (Å²) in [6, 6.07) is 0. The van der Waals surface area contributed by atoms with Crippen LogP contribution in [-0.2, 0) is 4.79 Å². The number of allylic oxidation sites excluding steroid dienone is 5. The zero-order chi connectivity index (χ0) is 20.9. The second-order valence-corrected chi connectivity index (χ2v) is 9.73. The van der Waals surface area contributed by atoms with Gasteiger partial charge in [-0.25, -0.2) is 0 Å². The van der Waals surface area contributed by atoms with Gasteiger partial charge in [-0.05, 0) is 43.9 Å². The van der Waals surface area contributed by atoms with E-state index in [4.69, 9.17) is 5.73 Å². The molecule has 3 fully saturated rings. The maximum absolute atomic E-state index is 12.7. The molecule has 3 aliphatic carbocycles. The summed E-state index contributed by atoms with van der Waals surface area (Å²) in [7, 11) is 0. The van der Waals surface area contributed by atoms with Gasteiger partial charge in [0, 0.05) is 29.2 Å². The number of nitrogens with two attached hydrogens (primary N) is 1. The standard InChI is InChI=1S/C24H37NO3/c1-6-9-15-10-12-24(25)19-13-17(27)20(16(26)8-3)23(19,5)14-18(28)21(24)22(15,4)11-7-2/h6-7,9,11,17-21,27-28H,1,8,10,12-14,25H2,2-5H3/b11-7-,15-9-/t17-,18?,19?,20?,21?,22?,23?,24?/m1/s1. The predicted molar refractivity (Wildman–Crippen MR) is 112 cm³/mol. The van der Waals surface area contributed by atoms with Crippen molar-refractivity contribution >= 4 is 5.78 Å². The molecule has 156 valence electrons. The van der Waals surface area contributed by atoms with Crippen LogP contribution in [0.5, 0.6) is 0 Å². The Morgan fingerprint density at radius 3 is 2.57 bits per heavy atom. The quantitative estimate of drug-likeness (QED) is 0.644. The van der Waals surface area contributed by atoms with Crippen LogP contribution in [0.25, 0.3) is 0 Å². The van der Waals surface area contributed by atoms with E-state index in [1.54, 1.807) is 0 Å². The molecule has 0 heterocycles. The third-order valence-corrected chi connectivity index (χ3v) is 8.32. The van der Waals surface area contributed by atoms with Crippen molar-refractivity contribution in [2.24, 2.45) is 34.3 Å². The maximum atomic E-state index is 12.7. The highest BCUT2D eigenvalue weighted by atomic mass is 16.3. The van der Waals surface area contributed by atoms with Crippen molar-refractivity contribution in [3.05, 3.63) is 36.5 Å². The Morgan fingerprint density at radius 1 is 1.32 bits per heavy atom. The monoisotopic (exact) mass is 387 g/mol. The topological polar surface area (TPSA) is 83.5 Å². The third kappa shape index (κ3) is 2.79. The number of hydrogen-bond donors (Lipinski definition) is 3. The lowest BCUT2D eigenvalue weighted by molar-refractivity contribution is -0.145. The molecule has 3 aliphatic rings. The summed E-state index contributed by atoms with van der Waals surface area (Å²) in [6.45, 7) is 12.0. The average molecular weight is 388 g/mol. The first-order chi connectivity index (χ1) is 13.1. The number of aliphatic hydroxyl groups excluding tert-OH is 2. The number of Topliss-reactive ketones (excluding diaryl/α,β-unsaturated/α-hetero) is 1. The minimum absolute atomic E-state index is 0.0127. The molecule has 0 saturated heterocycles. The highest BCUT2D eigenvalue weighted by Crippen LogP contribution is 2.66. The van der Waals surface area contributed by atoms with E-state index in [0.717, 1.165) is 12.8 Å². The normalized spacial score (nSPS) is 49.8. The fourth-order valence-electron chi connectivity index (χ4n) is 7.42. The maximum Gasteiger partial charge on any atom is 0.138 e. The molecule has 4 nitrogen and oxygen atoms in total. The van der Waals surface area contributed by atoms with E-state index < -0.39 is 29.1 Å². The molecule has 0 aromatic carbocycles. The smallest absolute Gasteiger partial charge is 0.138 e. The Hall–Kier alpha value is -1.23. The van der Waals surface area contributed by atoms with Crippen molar-refractivity contribution in [1.82, 2.24) is 0 Å². The van der Waals surface area contributed by atoms with E-state index in [-0.39, 0.29) is 23.0 Å². The van der Waals surface area contributed by atoms with Gasteiger partial charge >= 0.3 is 0 Å². The molecular weight excluding hydrogens is 350 g/mol. The number of fused-ring (bicyclic) bond motifs is 3. The summed E-state index contributed by atoms with van der Waals surface area (Å²) < 4.78 is 0. The van der Waals surface area contributed by atoms with E-state index in [2.05, 4.69) is 32.6 Å². The van der Waals surface area contributed by atoms with Gasteiger partial charge in [0.15, 0.2) is 0 Å². The van der Waals surface area contributed by atoms with Crippen LogP contribution >= 0.6 is 0 Å². The van der Waals surface area contributed by atoms with Gasteiger partial charge in [-0.3, -0.25) is 4.79 Å². The molecular formula is C24H37NO3. The van der Waals surface area contributed by atoms with E-state index in [1.165, 1.54) is 5.57 Å². The van der Waals surface area contributed by atoms with Gasteiger partial charge in [0.05, 0.1) is 12.2 Å². The molecule has 0 aromatic heterocycles. The lowest BCUT2D eigenvalue weighted by atomic mass is 9.44. The van der Waals surface area contributed by atoms with E-state index in [9.17, 15) is 15.0 Å². The van der Waals surface area contributed by atoms with Crippen molar-refractivity contribution in [1.29, 1.82) is 0 Å². The summed E-state index contributed by atoms with van der Waals surface area (Å²) in [6.07, 6.45) is 9.82. The molecule has 28 heavy (non-hydrogen) atoms. The van der Waals surface area contributed by atoms with Gasteiger partial charge in [0.2, 0.25) is 0 Å². The molecule has 0 aliphatic heterocycles. The van der Waals surface area contributed by atoms with Crippen LogP contribution in [0.3, 0.4) is 0 Å². The van der Waals surface area contributed by atoms with Crippen LogP contribution < -0.4 is 5.73 Å². The van der Waals surface area contributed by atoms with Crippen molar-refractivity contribution in [3.8, 4) is 0 Å². The van der Waals surface area contributed by atoms with Crippen molar-refractivity contribution in [2.45, 2.75) is 77.5 Å². The highest BCUT2D eigenvalue weighted by Gasteiger charge is 2.69. The van der Waals surface area contributed by atoms with Gasteiger partial charge in [-0.15, -0.1) is 0 Å². The van der Waals surface area contributed by atoms with Gasteiger partial charge in [-0.1, -0.05) is 57.2 Å². The van der Waals surface area contributed by atoms with Crippen LogP contribution in [0, 0.1) is 28.6 Å².